The van der Waals surface area contributed by atoms with Crippen molar-refractivity contribution in [3.63, 3.8) is 0 Å². The number of carbonyl (C=O) groups excluding carboxylic acids is 4. The van der Waals surface area contributed by atoms with Crippen LogP contribution in [-0.2, 0) is 19.1 Å². The second-order valence-electron chi connectivity index (χ2n) is 4.48. The number of hydrogen-bond acceptors (Lipinski definition) is 7. The number of anilines is 1. The van der Waals surface area contributed by atoms with Gasteiger partial charge in [0, 0.05) is 6.08 Å². The normalized spacial score (nSPS) is 10.5. The number of nitrogens with two attached hydrogens (primary N) is 1. The molecule has 0 aliphatic heterocycles. The van der Waals surface area contributed by atoms with Crippen LogP contribution < -0.4 is 11.1 Å². The summed E-state index contributed by atoms with van der Waals surface area (Å²) < 4.78 is 14.7. The first kappa shape index (κ1) is 18.9. The lowest BCUT2D eigenvalue weighted by Gasteiger charge is -2.05. The summed E-state index contributed by atoms with van der Waals surface area (Å²) in [5.41, 5.74) is 4.78. The summed E-state index contributed by atoms with van der Waals surface area (Å²) >= 11 is 0. The van der Waals surface area contributed by atoms with Gasteiger partial charge >= 0.3 is 11.9 Å². The van der Waals surface area contributed by atoms with Crippen molar-refractivity contribution in [3.8, 4) is 0 Å². The fourth-order valence-corrected chi connectivity index (χ4v) is 1.80. The molecule has 0 radical (unpaired) electrons. The van der Waals surface area contributed by atoms with Gasteiger partial charge in [-0.1, -0.05) is 6.08 Å². The van der Waals surface area contributed by atoms with E-state index in [0.29, 0.717) is 0 Å². The zero-order valence-corrected chi connectivity index (χ0v) is 13.5. The molecule has 0 spiro atoms. The third-order valence-corrected chi connectivity index (χ3v) is 2.71. The number of allylic oxidation sites excluding steroid dienone is 1. The Morgan fingerprint density at radius 3 is 2.42 bits per heavy atom. The number of furan rings is 1. The molecule has 0 saturated heterocycles. The molecule has 0 aliphatic rings. The van der Waals surface area contributed by atoms with Gasteiger partial charge < -0.3 is 19.6 Å². The Kier molecular flexibility index (Phi) is 6.72. The highest BCUT2D eigenvalue weighted by Crippen LogP contribution is 2.27. The van der Waals surface area contributed by atoms with Crippen molar-refractivity contribution < 1.29 is 33.1 Å². The Balaban J connectivity index is 2.98. The fraction of sp³-hybridized carbons (Fsp3) is 0.333. The maximum atomic E-state index is 11.9. The molecule has 0 unspecified atom stereocenters. The second kappa shape index (κ2) is 8.51. The summed E-state index contributed by atoms with van der Waals surface area (Å²) in [5.74, 6) is -3.49. The molecule has 9 heteroatoms. The van der Waals surface area contributed by atoms with Crippen LogP contribution in [0.5, 0.6) is 0 Å². The molecule has 0 saturated carbocycles. The molecule has 24 heavy (non-hydrogen) atoms. The smallest absolute Gasteiger partial charge is 0.342 e. The van der Waals surface area contributed by atoms with Gasteiger partial charge in [-0.25, -0.2) is 9.59 Å². The highest BCUT2D eigenvalue weighted by Gasteiger charge is 2.29. The summed E-state index contributed by atoms with van der Waals surface area (Å²) in [5, 5.41) is 2.23. The van der Waals surface area contributed by atoms with Crippen molar-refractivity contribution in [2.24, 2.45) is 5.73 Å². The molecular weight excluding hydrogens is 320 g/mol. The first-order chi connectivity index (χ1) is 11.3. The van der Waals surface area contributed by atoms with Gasteiger partial charge in [-0.3, -0.25) is 14.9 Å². The fourth-order valence-electron chi connectivity index (χ4n) is 1.80. The predicted molar refractivity (Wildman–Crippen MR) is 82.3 cm³/mol. The molecule has 1 rings (SSSR count). The first-order valence-corrected chi connectivity index (χ1v) is 7.01. The highest BCUT2D eigenvalue weighted by molar-refractivity contribution is 6.10. The van der Waals surface area contributed by atoms with E-state index in [4.69, 9.17) is 14.9 Å². The minimum atomic E-state index is -0.976. The van der Waals surface area contributed by atoms with Gasteiger partial charge in [0.05, 0.1) is 6.61 Å². The van der Waals surface area contributed by atoms with Crippen LogP contribution in [0.4, 0.5) is 5.88 Å². The highest BCUT2D eigenvalue weighted by atomic mass is 16.5. The minimum absolute atomic E-state index is 0.0588. The van der Waals surface area contributed by atoms with E-state index < -0.39 is 30.4 Å². The van der Waals surface area contributed by atoms with Crippen LogP contribution in [0.3, 0.4) is 0 Å². The maximum Gasteiger partial charge on any atom is 0.342 e. The van der Waals surface area contributed by atoms with Crippen molar-refractivity contribution in [3.05, 3.63) is 29.0 Å². The molecule has 130 valence electrons. The molecule has 1 aromatic heterocycles. The summed E-state index contributed by atoms with van der Waals surface area (Å²) in [4.78, 5) is 46.4. The molecule has 0 fully saturated rings. The summed E-state index contributed by atoms with van der Waals surface area (Å²) in [6.45, 7) is 4.11. The van der Waals surface area contributed by atoms with Crippen molar-refractivity contribution in [2.75, 3.05) is 18.5 Å². The Morgan fingerprint density at radius 1 is 1.21 bits per heavy atom. The van der Waals surface area contributed by atoms with E-state index >= 15 is 0 Å². The number of esters is 2. The Morgan fingerprint density at radius 2 is 1.88 bits per heavy atom. The van der Waals surface area contributed by atoms with Crippen LogP contribution in [-0.4, -0.2) is 37.0 Å². The monoisotopic (exact) mass is 338 g/mol. The second-order valence-corrected chi connectivity index (χ2v) is 4.48. The van der Waals surface area contributed by atoms with Gasteiger partial charge in [-0.05, 0) is 20.8 Å². The van der Waals surface area contributed by atoms with Crippen LogP contribution >= 0.6 is 0 Å². The van der Waals surface area contributed by atoms with Crippen LogP contribution in [0.1, 0.15) is 40.3 Å². The van der Waals surface area contributed by atoms with Gasteiger partial charge in [0.15, 0.2) is 6.61 Å². The Bertz CT molecular complexity index is 688. The number of carbonyl (C=O) groups is 4. The third kappa shape index (κ3) is 4.70. The molecule has 2 amide bonds. The predicted octanol–water partition coefficient (Wildman–Crippen LogP) is 0.921. The van der Waals surface area contributed by atoms with Crippen molar-refractivity contribution in [2.45, 2.75) is 20.8 Å². The lowest BCUT2D eigenvalue weighted by atomic mass is 10.1. The van der Waals surface area contributed by atoms with Crippen LogP contribution in [0.2, 0.25) is 0 Å². The average molecular weight is 338 g/mol. The minimum Gasteiger partial charge on any atom is -0.462 e. The van der Waals surface area contributed by atoms with Crippen LogP contribution in [0, 0.1) is 6.92 Å². The van der Waals surface area contributed by atoms with Crippen LogP contribution in [0.25, 0.3) is 0 Å². The van der Waals surface area contributed by atoms with Gasteiger partial charge in [0.25, 0.3) is 11.8 Å². The number of amides is 2. The average Bonchev–Trinajstić information content (AvgIpc) is 2.82. The molecule has 1 heterocycles. The van der Waals surface area contributed by atoms with Crippen molar-refractivity contribution in [1.29, 1.82) is 0 Å². The largest absolute Gasteiger partial charge is 0.462 e. The lowest BCUT2D eigenvalue weighted by molar-refractivity contribution is -0.142. The molecule has 0 aromatic carbocycles. The summed E-state index contributed by atoms with van der Waals surface area (Å²) in [6, 6.07) is 0. The number of hydrogen-bond donors (Lipinski definition) is 2. The quantitative estimate of drug-likeness (QED) is 0.557. The number of ether oxygens (including phenoxy) is 2. The van der Waals surface area contributed by atoms with E-state index in [-0.39, 0.29) is 29.4 Å². The van der Waals surface area contributed by atoms with E-state index in [0.717, 1.165) is 6.08 Å². The Labute approximate surface area is 137 Å². The molecule has 1 aromatic rings. The van der Waals surface area contributed by atoms with Gasteiger partial charge in [0.1, 0.15) is 16.9 Å². The standard InChI is InChI=1S/C15H18N2O7/c1-4-6-10(19)23-7-9(18)17-14-12(13(16)20)11(8(3)24-14)15(21)22-5-2/h4,6H,5,7H2,1-3H3,(H2,16,20)(H,17,18)/b6-4+. The summed E-state index contributed by atoms with van der Waals surface area (Å²) in [6.07, 6.45) is 2.59. The van der Waals surface area contributed by atoms with E-state index in [1.165, 1.54) is 13.0 Å². The number of rotatable bonds is 7. The zero-order chi connectivity index (χ0) is 18.3. The molecule has 0 bridgehead atoms. The third-order valence-electron chi connectivity index (χ3n) is 2.71. The van der Waals surface area contributed by atoms with E-state index in [9.17, 15) is 19.2 Å². The zero-order valence-electron chi connectivity index (χ0n) is 13.5. The molecular formula is C15H18N2O7. The van der Waals surface area contributed by atoms with Gasteiger partial charge in [0.2, 0.25) is 5.88 Å². The van der Waals surface area contributed by atoms with Crippen LogP contribution in [0.15, 0.2) is 16.6 Å². The SMILES string of the molecule is C/C=C/C(=O)OCC(=O)Nc1oc(C)c(C(=O)OCC)c1C(N)=O. The van der Waals surface area contributed by atoms with Crippen molar-refractivity contribution in [1.82, 2.24) is 0 Å². The first-order valence-electron chi connectivity index (χ1n) is 7.01. The Hall–Kier alpha value is -3.10. The number of primary amides is 1. The number of aryl methyl sites for hydroxylation is 1. The topological polar surface area (TPSA) is 138 Å². The summed E-state index contributed by atoms with van der Waals surface area (Å²) in [7, 11) is 0. The maximum absolute atomic E-state index is 11.9. The lowest BCUT2D eigenvalue weighted by Crippen LogP contribution is -2.23. The number of nitrogens with one attached hydrogen (secondary N) is 1. The van der Waals surface area contributed by atoms with E-state index in [2.05, 4.69) is 10.1 Å². The molecule has 9 nitrogen and oxygen atoms in total. The van der Waals surface area contributed by atoms with Gasteiger partial charge in [-0.15, -0.1) is 0 Å². The molecule has 0 atom stereocenters. The van der Waals surface area contributed by atoms with E-state index in [1.807, 2.05) is 0 Å². The molecule has 0 aliphatic carbocycles. The van der Waals surface area contributed by atoms with Crippen molar-refractivity contribution >= 4 is 29.6 Å². The van der Waals surface area contributed by atoms with E-state index in [1.54, 1.807) is 13.8 Å². The van der Waals surface area contributed by atoms with Gasteiger partial charge in [-0.2, -0.15) is 0 Å². The molecule has 3 N–H and O–H groups in total.